The average molecular weight is 497 g/mol. The number of rotatable bonds is 4. The fourth-order valence-electron chi connectivity index (χ4n) is 8.30. The van der Waals surface area contributed by atoms with Crippen LogP contribution in [0.1, 0.15) is 56.8 Å². The van der Waals surface area contributed by atoms with Gasteiger partial charge in [0.1, 0.15) is 6.61 Å². The Bertz CT molecular complexity index is 1180. The number of allylic oxidation sites excluding steroid dienone is 4. The van der Waals surface area contributed by atoms with E-state index in [1.165, 1.54) is 12.2 Å². The van der Waals surface area contributed by atoms with Crippen LogP contribution in [-0.2, 0) is 14.3 Å². The maximum atomic E-state index is 17.4. The number of Topliss-reactive ketones (excluding diaryl/α,β-unsaturated/α-hetero) is 1. The Kier molecular flexibility index (Phi) is 5.69. The summed E-state index contributed by atoms with van der Waals surface area (Å²) in [6, 6.07) is 8.33. The van der Waals surface area contributed by atoms with Crippen LogP contribution in [0.25, 0.3) is 0 Å². The van der Waals surface area contributed by atoms with Crippen LogP contribution in [0.2, 0.25) is 0 Å². The number of hydrogen-bond donors (Lipinski definition) is 2. The number of carbonyl (C=O) groups is 3. The zero-order valence-corrected chi connectivity index (χ0v) is 20.9. The van der Waals surface area contributed by atoms with Crippen molar-refractivity contribution >= 4 is 17.5 Å². The molecule has 2 unspecified atom stereocenters. The Morgan fingerprint density at radius 3 is 2.53 bits per heavy atom. The molecule has 3 fully saturated rings. The Labute approximate surface area is 210 Å². The number of ether oxygens (including phenoxy) is 1. The molecule has 192 valence electrons. The minimum Gasteiger partial charge on any atom is -0.446 e. The predicted octanol–water partition coefficient (Wildman–Crippen LogP) is 3.76. The molecule has 5 rings (SSSR count). The van der Waals surface area contributed by atoms with Gasteiger partial charge in [-0.2, -0.15) is 0 Å². The molecule has 0 saturated heterocycles. The zero-order chi connectivity index (χ0) is 26.1. The largest absolute Gasteiger partial charge is 0.446 e. The van der Waals surface area contributed by atoms with Gasteiger partial charge in [0.15, 0.2) is 17.1 Å². The second-order valence-electron chi connectivity index (χ2n) is 11.5. The predicted molar refractivity (Wildman–Crippen MR) is 130 cm³/mol. The number of esters is 1. The Balaban J connectivity index is 1.61. The van der Waals surface area contributed by atoms with Crippen LogP contribution in [0, 0.1) is 28.6 Å². The maximum absolute atomic E-state index is 17.4. The molecule has 3 saturated carbocycles. The molecule has 1 aromatic rings. The van der Waals surface area contributed by atoms with Gasteiger partial charge in [-0.1, -0.05) is 43.7 Å². The van der Waals surface area contributed by atoms with E-state index in [1.807, 2.05) is 0 Å². The fraction of sp³-hybridized carbons (Fsp3) is 0.552. The number of alkyl halides is 1. The van der Waals surface area contributed by atoms with Crippen molar-refractivity contribution in [2.75, 3.05) is 6.61 Å². The normalized spacial score (nSPS) is 43.2. The molecular formula is C29H33FO6. The van der Waals surface area contributed by atoms with Gasteiger partial charge in [0.05, 0.1) is 11.7 Å². The van der Waals surface area contributed by atoms with Crippen LogP contribution < -0.4 is 0 Å². The number of aliphatic hydroxyl groups excluding tert-OH is 2. The van der Waals surface area contributed by atoms with Crippen LogP contribution >= 0.6 is 0 Å². The van der Waals surface area contributed by atoms with E-state index in [2.05, 4.69) is 0 Å². The van der Waals surface area contributed by atoms with E-state index in [0.717, 1.165) is 0 Å². The van der Waals surface area contributed by atoms with Crippen LogP contribution in [-0.4, -0.2) is 51.7 Å². The van der Waals surface area contributed by atoms with Gasteiger partial charge in [-0.15, -0.1) is 0 Å². The SMILES string of the molecule is CC1C[C@H]2[C@@H]3CCC4=CC(=O)C=C[C@]4(C)[C@@]3(F)C(O)C[C@]2(C)[C@@]1(OC(=O)c1ccccc1)C(=O)CO. The molecule has 0 amide bonds. The summed E-state index contributed by atoms with van der Waals surface area (Å²) in [5, 5.41) is 21.5. The van der Waals surface area contributed by atoms with Gasteiger partial charge in [0.25, 0.3) is 0 Å². The van der Waals surface area contributed by atoms with Crippen molar-refractivity contribution in [1.82, 2.24) is 0 Å². The number of carbonyl (C=O) groups excluding carboxylic acids is 3. The minimum absolute atomic E-state index is 0.118. The van der Waals surface area contributed by atoms with Crippen LogP contribution in [0.15, 0.2) is 54.1 Å². The molecule has 0 aliphatic heterocycles. The van der Waals surface area contributed by atoms with E-state index < -0.39 is 58.4 Å². The lowest BCUT2D eigenvalue weighted by Crippen LogP contribution is -2.70. The van der Waals surface area contributed by atoms with Crippen molar-refractivity contribution in [1.29, 1.82) is 0 Å². The molecule has 0 radical (unpaired) electrons. The number of benzene rings is 1. The summed E-state index contributed by atoms with van der Waals surface area (Å²) in [5.74, 6) is -3.01. The number of hydrogen-bond acceptors (Lipinski definition) is 6. The molecular weight excluding hydrogens is 463 g/mol. The minimum atomic E-state index is -2.06. The van der Waals surface area contributed by atoms with Crippen molar-refractivity contribution in [2.45, 2.75) is 63.8 Å². The van der Waals surface area contributed by atoms with Gasteiger partial charge in [-0.3, -0.25) is 9.59 Å². The lowest BCUT2D eigenvalue weighted by atomic mass is 9.44. The average Bonchev–Trinajstić information content (AvgIpc) is 3.07. The number of fused-ring (bicyclic) bond motifs is 5. The van der Waals surface area contributed by atoms with Crippen molar-refractivity contribution in [2.24, 2.45) is 28.6 Å². The van der Waals surface area contributed by atoms with Crippen LogP contribution in [0.4, 0.5) is 4.39 Å². The molecule has 6 nitrogen and oxygen atoms in total. The van der Waals surface area contributed by atoms with Gasteiger partial charge < -0.3 is 14.9 Å². The number of aliphatic hydroxyl groups is 2. The van der Waals surface area contributed by atoms with Gasteiger partial charge in [-0.05, 0) is 62.8 Å². The third-order valence-electron chi connectivity index (χ3n) is 10.0. The van der Waals surface area contributed by atoms with E-state index in [-0.39, 0.29) is 23.7 Å². The van der Waals surface area contributed by atoms with Crippen LogP contribution in [0.5, 0.6) is 0 Å². The molecule has 0 spiro atoms. The number of halogens is 1. The lowest BCUT2D eigenvalue weighted by Gasteiger charge is -2.62. The molecule has 7 heteroatoms. The van der Waals surface area contributed by atoms with Gasteiger partial charge in [-0.25, -0.2) is 9.18 Å². The second-order valence-corrected chi connectivity index (χ2v) is 11.5. The molecule has 0 heterocycles. The maximum Gasteiger partial charge on any atom is 0.339 e. The highest BCUT2D eigenvalue weighted by atomic mass is 19.1. The topological polar surface area (TPSA) is 101 Å². The first kappa shape index (κ1) is 25.0. The van der Waals surface area contributed by atoms with E-state index in [4.69, 9.17) is 4.74 Å². The summed E-state index contributed by atoms with van der Waals surface area (Å²) >= 11 is 0. The highest BCUT2D eigenvalue weighted by Gasteiger charge is 2.77. The summed E-state index contributed by atoms with van der Waals surface area (Å²) < 4.78 is 23.4. The van der Waals surface area contributed by atoms with Crippen molar-refractivity contribution in [3.05, 3.63) is 59.7 Å². The van der Waals surface area contributed by atoms with Crippen molar-refractivity contribution < 1.29 is 33.7 Å². The highest BCUT2D eigenvalue weighted by Crippen LogP contribution is 2.71. The standard InChI is InChI=1S/C29H33FO6/c1-17-13-22-21-10-9-19-14-20(32)11-12-26(19,2)28(21,30)23(33)15-27(22,3)29(17,24(34)16-31)36-25(35)18-7-5-4-6-8-18/h4-8,11-12,14,17,21-23,31,33H,9-10,13,15-16H2,1-3H3/t17?,21-,22-,23?,26-,27-,28-,29-/m0/s1. The van der Waals surface area contributed by atoms with Crippen molar-refractivity contribution in [3.63, 3.8) is 0 Å². The van der Waals surface area contributed by atoms with E-state index in [9.17, 15) is 24.6 Å². The summed E-state index contributed by atoms with van der Waals surface area (Å²) in [6.07, 6.45) is 4.16. The summed E-state index contributed by atoms with van der Waals surface area (Å²) in [7, 11) is 0. The molecule has 8 atom stereocenters. The smallest absolute Gasteiger partial charge is 0.339 e. The van der Waals surface area contributed by atoms with Crippen LogP contribution in [0.3, 0.4) is 0 Å². The Morgan fingerprint density at radius 1 is 1.17 bits per heavy atom. The van der Waals surface area contributed by atoms with E-state index >= 15 is 4.39 Å². The Hall–Kier alpha value is -2.64. The first-order chi connectivity index (χ1) is 17.0. The lowest BCUT2D eigenvalue weighted by molar-refractivity contribution is -0.219. The Morgan fingerprint density at radius 2 is 1.86 bits per heavy atom. The molecule has 2 N–H and O–H groups in total. The molecule has 4 aliphatic carbocycles. The fourth-order valence-corrected chi connectivity index (χ4v) is 8.30. The zero-order valence-electron chi connectivity index (χ0n) is 20.9. The molecule has 0 aromatic heterocycles. The first-order valence-corrected chi connectivity index (χ1v) is 12.7. The first-order valence-electron chi connectivity index (χ1n) is 12.7. The van der Waals surface area contributed by atoms with Gasteiger partial charge in [0, 0.05) is 22.7 Å². The summed E-state index contributed by atoms with van der Waals surface area (Å²) in [6.45, 7) is 4.51. The summed E-state index contributed by atoms with van der Waals surface area (Å²) in [4.78, 5) is 38.8. The molecule has 36 heavy (non-hydrogen) atoms. The van der Waals surface area contributed by atoms with E-state index in [0.29, 0.717) is 24.8 Å². The van der Waals surface area contributed by atoms with Gasteiger partial charge in [0.2, 0.25) is 5.78 Å². The summed E-state index contributed by atoms with van der Waals surface area (Å²) in [5.41, 5.74) is -5.06. The second kappa shape index (κ2) is 8.18. The van der Waals surface area contributed by atoms with E-state index in [1.54, 1.807) is 57.2 Å². The monoisotopic (exact) mass is 496 g/mol. The molecule has 1 aromatic carbocycles. The third-order valence-corrected chi connectivity index (χ3v) is 10.0. The van der Waals surface area contributed by atoms with Crippen molar-refractivity contribution in [3.8, 4) is 0 Å². The number of ketones is 2. The van der Waals surface area contributed by atoms with Gasteiger partial charge >= 0.3 is 5.97 Å². The molecule has 4 aliphatic rings. The molecule has 0 bridgehead atoms. The third kappa shape index (κ3) is 2.99. The highest BCUT2D eigenvalue weighted by molar-refractivity contribution is 6.01. The quantitative estimate of drug-likeness (QED) is 0.616.